The molecule has 0 aliphatic heterocycles. The third kappa shape index (κ3) is 3.94. The zero-order valence-electron chi connectivity index (χ0n) is 7.97. The summed E-state index contributed by atoms with van der Waals surface area (Å²) in [5, 5.41) is 22.8. The molecule has 0 aromatic carbocycles. The molecular weight excluding hydrogens is 186 g/mol. The number of carboxylic acids is 1. The van der Waals surface area contributed by atoms with Gasteiger partial charge in [-0.1, -0.05) is 0 Å². The summed E-state index contributed by atoms with van der Waals surface area (Å²) < 4.78 is 0. The smallest absolute Gasteiger partial charge is 0.303 e. The molecule has 0 saturated heterocycles. The highest BCUT2D eigenvalue weighted by molar-refractivity contribution is 5.66. The van der Waals surface area contributed by atoms with Crippen LogP contribution in [0.15, 0.2) is 0 Å². The lowest BCUT2D eigenvalue weighted by atomic mass is 10.3. The van der Waals surface area contributed by atoms with Crippen LogP contribution in [0.3, 0.4) is 0 Å². The van der Waals surface area contributed by atoms with Crippen molar-refractivity contribution in [2.75, 3.05) is 6.54 Å². The second-order valence-electron chi connectivity index (χ2n) is 2.87. The van der Waals surface area contributed by atoms with E-state index < -0.39 is 5.97 Å². The lowest BCUT2D eigenvalue weighted by Crippen LogP contribution is -2.16. The van der Waals surface area contributed by atoms with E-state index in [4.69, 9.17) is 5.11 Å². The van der Waals surface area contributed by atoms with Gasteiger partial charge in [0.2, 0.25) is 0 Å². The number of aryl methyl sites for hydroxylation is 1. The van der Waals surface area contributed by atoms with Gasteiger partial charge in [0.25, 0.3) is 0 Å². The maximum absolute atomic E-state index is 10.2. The Labute approximate surface area is 81.1 Å². The van der Waals surface area contributed by atoms with Gasteiger partial charge in [-0.15, -0.1) is 10.2 Å². The molecule has 0 fully saturated rings. The zero-order valence-corrected chi connectivity index (χ0v) is 7.97. The Kier molecular flexibility index (Phi) is 3.99. The Morgan fingerprint density at radius 1 is 1.64 bits per heavy atom. The molecule has 0 amide bonds. The minimum atomic E-state index is -0.774. The molecule has 14 heavy (non-hydrogen) atoms. The normalized spacial score (nSPS) is 10.4. The zero-order chi connectivity index (χ0) is 10.4. The number of aromatic nitrogens is 4. The quantitative estimate of drug-likeness (QED) is 0.580. The number of aliphatic carboxylic acids is 1. The topological polar surface area (TPSA) is 92.9 Å². The fraction of sp³-hybridized carbons (Fsp3) is 0.714. The summed E-state index contributed by atoms with van der Waals surface area (Å²) >= 11 is 0. The first-order valence-electron chi connectivity index (χ1n) is 4.34. The van der Waals surface area contributed by atoms with Gasteiger partial charge in [-0.05, 0) is 18.2 Å². The number of nitrogens with one attached hydrogen (secondary N) is 1. The number of carbonyl (C=O) groups is 1. The number of hydrogen-bond donors (Lipinski definition) is 2. The van der Waals surface area contributed by atoms with Crippen molar-refractivity contribution in [1.82, 2.24) is 25.5 Å². The van der Waals surface area contributed by atoms with Gasteiger partial charge in [-0.2, -0.15) is 4.80 Å². The molecule has 2 N–H and O–H groups in total. The van der Waals surface area contributed by atoms with Crippen LogP contribution in [0.1, 0.15) is 18.7 Å². The first-order chi connectivity index (χ1) is 6.68. The number of rotatable bonds is 6. The van der Waals surface area contributed by atoms with E-state index in [-0.39, 0.29) is 6.42 Å². The molecule has 7 heteroatoms. The summed E-state index contributed by atoms with van der Waals surface area (Å²) in [6.07, 6.45) is 0.788. The monoisotopic (exact) mass is 199 g/mol. The van der Waals surface area contributed by atoms with Crippen LogP contribution in [0.4, 0.5) is 0 Å². The van der Waals surface area contributed by atoms with E-state index >= 15 is 0 Å². The molecule has 1 heterocycles. The minimum Gasteiger partial charge on any atom is -0.481 e. The number of hydrogen-bond acceptors (Lipinski definition) is 5. The maximum atomic E-state index is 10.2. The Bertz CT molecular complexity index is 298. The van der Waals surface area contributed by atoms with Crippen LogP contribution in [0.5, 0.6) is 0 Å². The Morgan fingerprint density at radius 3 is 3.00 bits per heavy atom. The highest BCUT2D eigenvalue weighted by Gasteiger charge is 1.99. The van der Waals surface area contributed by atoms with Crippen molar-refractivity contribution in [3.63, 3.8) is 0 Å². The predicted molar refractivity (Wildman–Crippen MR) is 47.4 cm³/mol. The van der Waals surface area contributed by atoms with Crippen molar-refractivity contribution in [3.8, 4) is 0 Å². The van der Waals surface area contributed by atoms with Crippen LogP contribution < -0.4 is 5.32 Å². The van der Waals surface area contributed by atoms with Crippen molar-refractivity contribution < 1.29 is 9.90 Å². The predicted octanol–water partition coefficient (Wildman–Crippen LogP) is -0.835. The standard InChI is InChI=1S/C7H13N5O2/c1-12-10-6(9-11-12)5-8-4-2-3-7(13)14/h8H,2-5H2,1H3,(H,13,14). The number of tetrazole rings is 1. The summed E-state index contributed by atoms with van der Waals surface area (Å²) in [4.78, 5) is 11.6. The second kappa shape index (κ2) is 5.28. The Balaban J connectivity index is 2.07. The third-order valence-electron chi connectivity index (χ3n) is 1.58. The molecule has 1 aromatic rings. The fourth-order valence-corrected chi connectivity index (χ4v) is 0.959. The summed E-state index contributed by atoms with van der Waals surface area (Å²) in [6, 6.07) is 0. The van der Waals surface area contributed by atoms with Crippen molar-refractivity contribution in [2.45, 2.75) is 19.4 Å². The van der Waals surface area contributed by atoms with E-state index in [0.29, 0.717) is 25.3 Å². The summed E-state index contributed by atoms with van der Waals surface area (Å²) in [5.74, 6) is -0.160. The molecule has 0 bridgehead atoms. The van der Waals surface area contributed by atoms with Gasteiger partial charge in [0.05, 0.1) is 13.6 Å². The van der Waals surface area contributed by atoms with E-state index in [1.165, 1.54) is 4.80 Å². The summed E-state index contributed by atoms with van der Waals surface area (Å²) in [5.41, 5.74) is 0. The van der Waals surface area contributed by atoms with Crippen molar-refractivity contribution >= 4 is 5.97 Å². The lowest BCUT2D eigenvalue weighted by Gasteiger charge is -1.98. The molecule has 1 rings (SSSR count). The molecule has 0 spiro atoms. The van der Waals surface area contributed by atoms with Gasteiger partial charge in [-0.25, -0.2) is 0 Å². The van der Waals surface area contributed by atoms with Gasteiger partial charge in [0, 0.05) is 6.42 Å². The molecule has 0 saturated carbocycles. The molecule has 78 valence electrons. The molecule has 1 aromatic heterocycles. The molecule has 0 unspecified atom stereocenters. The van der Waals surface area contributed by atoms with Crippen molar-refractivity contribution in [2.24, 2.45) is 7.05 Å². The van der Waals surface area contributed by atoms with Crippen LogP contribution in [0, 0.1) is 0 Å². The van der Waals surface area contributed by atoms with Crippen LogP contribution in [0.25, 0.3) is 0 Å². The largest absolute Gasteiger partial charge is 0.481 e. The van der Waals surface area contributed by atoms with Crippen molar-refractivity contribution in [1.29, 1.82) is 0 Å². The average Bonchev–Trinajstić information content (AvgIpc) is 2.50. The first-order valence-corrected chi connectivity index (χ1v) is 4.34. The van der Waals surface area contributed by atoms with E-state index in [9.17, 15) is 4.79 Å². The molecule has 0 atom stereocenters. The second-order valence-corrected chi connectivity index (χ2v) is 2.87. The molecular formula is C7H13N5O2. The van der Waals surface area contributed by atoms with E-state index in [1.54, 1.807) is 7.05 Å². The van der Waals surface area contributed by atoms with E-state index in [0.717, 1.165) is 0 Å². The van der Waals surface area contributed by atoms with Gasteiger partial charge >= 0.3 is 5.97 Å². The molecule has 0 aliphatic carbocycles. The highest BCUT2D eigenvalue weighted by Crippen LogP contribution is 1.88. The van der Waals surface area contributed by atoms with Crippen LogP contribution in [-0.4, -0.2) is 37.8 Å². The molecule has 0 radical (unpaired) electrons. The number of carboxylic acid groups (broad SMARTS) is 1. The fourth-order valence-electron chi connectivity index (χ4n) is 0.959. The molecule has 7 nitrogen and oxygen atoms in total. The van der Waals surface area contributed by atoms with Gasteiger partial charge < -0.3 is 10.4 Å². The molecule has 0 aliphatic rings. The summed E-state index contributed by atoms with van der Waals surface area (Å²) in [6.45, 7) is 1.16. The highest BCUT2D eigenvalue weighted by atomic mass is 16.4. The first kappa shape index (κ1) is 10.6. The van der Waals surface area contributed by atoms with Crippen LogP contribution in [-0.2, 0) is 18.4 Å². The van der Waals surface area contributed by atoms with Crippen molar-refractivity contribution in [3.05, 3.63) is 5.82 Å². The SMILES string of the molecule is Cn1nnc(CNCCCC(=O)O)n1. The Morgan fingerprint density at radius 2 is 2.43 bits per heavy atom. The third-order valence-corrected chi connectivity index (χ3v) is 1.58. The Hall–Kier alpha value is -1.50. The van der Waals surface area contributed by atoms with Gasteiger partial charge in [0.1, 0.15) is 0 Å². The summed E-state index contributed by atoms with van der Waals surface area (Å²) in [7, 11) is 1.70. The van der Waals surface area contributed by atoms with Gasteiger partial charge in [-0.3, -0.25) is 4.79 Å². The van der Waals surface area contributed by atoms with E-state index in [1.807, 2.05) is 0 Å². The lowest BCUT2D eigenvalue weighted by molar-refractivity contribution is -0.137. The minimum absolute atomic E-state index is 0.181. The van der Waals surface area contributed by atoms with Gasteiger partial charge in [0.15, 0.2) is 5.82 Å². The maximum Gasteiger partial charge on any atom is 0.303 e. The number of nitrogens with zero attached hydrogens (tertiary/aromatic N) is 4. The van der Waals surface area contributed by atoms with Crippen LogP contribution >= 0.6 is 0 Å². The van der Waals surface area contributed by atoms with Crippen LogP contribution in [0.2, 0.25) is 0 Å². The van der Waals surface area contributed by atoms with E-state index in [2.05, 4.69) is 20.7 Å². The average molecular weight is 199 g/mol.